The molecular weight excluding hydrogens is 356 g/mol. The molecule has 0 aliphatic heterocycles. The molecule has 0 aliphatic rings. The molecule has 0 spiro atoms. The third-order valence-corrected chi connectivity index (χ3v) is 4.41. The van der Waals surface area contributed by atoms with E-state index >= 15 is 0 Å². The maximum absolute atomic E-state index is 13.1. The average Bonchev–Trinajstić information content (AvgIpc) is 2.66. The van der Waals surface area contributed by atoms with Gasteiger partial charge < -0.3 is 14.8 Å². The number of pyridine rings is 1. The predicted molar refractivity (Wildman–Crippen MR) is 109 cm³/mol. The highest BCUT2D eigenvalue weighted by Crippen LogP contribution is 2.27. The molecule has 1 amide bonds. The van der Waals surface area contributed by atoms with Crippen LogP contribution in [0.25, 0.3) is 0 Å². The van der Waals surface area contributed by atoms with E-state index in [4.69, 9.17) is 9.47 Å². The summed E-state index contributed by atoms with van der Waals surface area (Å²) in [6, 6.07) is 7.67. The number of carbonyl (C=O) groups is 2. The lowest BCUT2D eigenvalue weighted by Crippen LogP contribution is -2.20. The van der Waals surface area contributed by atoms with Crippen LogP contribution in [0.2, 0.25) is 0 Å². The molecule has 0 atom stereocenters. The van der Waals surface area contributed by atoms with Crippen LogP contribution in [0.3, 0.4) is 0 Å². The van der Waals surface area contributed by atoms with Crippen LogP contribution in [-0.4, -0.2) is 30.1 Å². The van der Waals surface area contributed by atoms with Gasteiger partial charge in [-0.1, -0.05) is 32.0 Å². The molecular formula is C22H28N2O4. The Morgan fingerprint density at radius 3 is 2.29 bits per heavy atom. The van der Waals surface area contributed by atoms with Crippen molar-refractivity contribution in [3.05, 3.63) is 52.3 Å². The first kappa shape index (κ1) is 21.4. The normalized spacial score (nSPS) is 10.5. The van der Waals surface area contributed by atoms with Crippen LogP contribution >= 0.6 is 0 Å². The molecule has 0 saturated carbocycles. The van der Waals surface area contributed by atoms with Crippen molar-refractivity contribution in [3.8, 4) is 5.75 Å². The number of aromatic nitrogens is 1. The molecule has 1 aromatic carbocycles. The van der Waals surface area contributed by atoms with Crippen molar-refractivity contribution in [2.45, 2.75) is 47.5 Å². The highest BCUT2D eigenvalue weighted by molar-refractivity contribution is 6.07. The van der Waals surface area contributed by atoms with E-state index in [1.54, 1.807) is 19.9 Å². The fraction of sp³-hybridized carbons (Fsp3) is 0.409. The summed E-state index contributed by atoms with van der Waals surface area (Å²) in [6.07, 6.45) is 1.61. The Bertz CT molecular complexity index is 840. The van der Waals surface area contributed by atoms with Crippen LogP contribution in [-0.2, 0) is 22.4 Å². The topological polar surface area (TPSA) is 77.5 Å². The minimum Gasteiger partial charge on any atom is -0.481 e. The predicted octanol–water partition coefficient (Wildman–Crippen LogP) is 4.02. The number of hydrogen-bond donors (Lipinski definition) is 1. The van der Waals surface area contributed by atoms with E-state index in [0.29, 0.717) is 22.7 Å². The Morgan fingerprint density at radius 2 is 1.71 bits per heavy atom. The van der Waals surface area contributed by atoms with Gasteiger partial charge in [-0.05, 0) is 44.7 Å². The number of nitrogens with one attached hydrogen (secondary N) is 1. The molecule has 0 aliphatic carbocycles. The second-order valence-electron chi connectivity index (χ2n) is 6.43. The van der Waals surface area contributed by atoms with Gasteiger partial charge in [0.25, 0.3) is 5.91 Å². The molecule has 6 nitrogen and oxygen atoms in total. The molecule has 0 saturated heterocycles. The zero-order valence-corrected chi connectivity index (χ0v) is 17.2. The smallest absolute Gasteiger partial charge is 0.344 e. The summed E-state index contributed by atoms with van der Waals surface area (Å²) < 4.78 is 10.5. The summed E-state index contributed by atoms with van der Waals surface area (Å²) >= 11 is 0. The van der Waals surface area contributed by atoms with Gasteiger partial charge in [0.05, 0.1) is 12.3 Å². The second-order valence-corrected chi connectivity index (χ2v) is 6.43. The Labute approximate surface area is 166 Å². The molecule has 1 aromatic heterocycles. The fourth-order valence-electron chi connectivity index (χ4n) is 3.10. The Balaban J connectivity index is 2.36. The molecule has 0 fully saturated rings. The van der Waals surface area contributed by atoms with Gasteiger partial charge in [-0.3, -0.25) is 9.78 Å². The van der Waals surface area contributed by atoms with E-state index in [0.717, 1.165) is 29.7 Å². The number of anilines is 1. The van der Waals surface area contributed by atoms with Crippen molar-refractivity contribution in [1.82, 2.24) is 4.98 Å². The van der Waals surface area contributed by atoms with Crippen LogP contribution in [0.4, 0.5) is 5.69 Å². The Morgan fingerprint density at radius 1 is 1.07 bits per heavy atom. The summed E-state index contributed by atoms with van der Waals surface area (Å²) in [6.45, 7) is 9.42. The number of esters is 1. The quantitative estimate of drug-likeness (QED) is 0.696. The third-order valence-electron chi connectivity index (χ3n) is 4.41. The minimum atomic E-state index is -0.481. The lowest BCUT2D eigenvalue weighted by atomic mass is 10.0. The highest BCUT2D eigenvalue weighted by Gasteiger charge is 2.20. The van der Waals surface area contributed by atoms with E-state index in [-0.39, 0.29) is 19.1 Å². The number of nitrogens with zero attached hydrogens (tertiary/aromatic N) is 1. The number of hydrogen-bond acceptors (Lipinski definition) is 5. The first-order valence-corrected chi connectivity index (χ1v) is 9.59. The van der Waals surface area contributed by atoms with Crippen LogP contribution in [0.1, 0.15) is 53.6 Å². The molecule has 150 valence electrons. The van der Waals surface area contributed by atoms with Crippen LogP contribution in [0, 0.1) is 13.8 Å². The van der Waals surface area contributed by atoms with Gasteiger partial charge in [-0.15, -0.1) is 0 Å². The van der Waals surface area contributed by atoms with E-state index in [1.165, 1.54) is 0 Å². The fourth-order valence-corrected chi connectivity index (χ4v) is 3.10. The number of para-hydroxylation sites is 1. The molecule has 0 radical (unpaired) electrons. The maximum atomic E-state index is 13.1. The first-order valence-electron chi connectivity index (χ1n) is 9.59. The van der Waals surface area contributed by atoms with Gasteiger partial charge in [0.1, 0.15) is 11.3 Å². The molecule has 2 rings (SSSR count). The molecule has 28 heavy (non-hydrogen) atoms. The second kappa shape index (κ2) is 9.88. The van der Waals surface area contributed by atoms with Crippen molar-refractivity contribution in [3.63, 3.8) is 0 Å². The van der Waals surface area contributed by atoms with Crippen LogP contribution < -0.4 is 10.1 Å². The van der Waals surface area contributed by atoms with Gasteiger partial charge in [0.15, 0.2) is 6.61 Å². The van der Waals surface area contributed by atoms with Crippen molar-refractivity contribution < 1.29 is 19.1 Å². The SMILES string of the molecule is CCOC(=O)COc1cc(C)nc(C)c1C(=O)Nc1c(CC)cccc1CC. The van der Waals surface area contributed by atoms with Gasteiger partial charge >= 0.3 is 5.97 Å². The van der Waals surface area contributed by atoms with Gasteiger partial charge in [0, 0.05) is 17.4 Å². The van der Waals surface area contributed by atoms with Crippen molar-refractivity contribution >= 4 is 17.6 Å². The summed E-state index contributed by atoms with van der Waals surface area (Å²) in [4.78, 5) is 29.2. The number of rotatable bonds is 8. The van der Waals surface area contributed by atoms with E-state index in [2.05, 4.69) is 24.1 Å². The van der Waals surface area contributed by atoms with Crippen molar-refractivity contribution in [2.75, 3.05) is 18.5 Å². The van der Waals surface area contributed by atoms with Crippen LogP contribution in [0.15, 0.2) is 24.3 Å². The van der Waals surface area contributed by atoms with Crippen molar-refractivity contribution in [2.24, 2.45) is 0 Å². The molecule has 1 N–H and O–H groups in total. The van der Waals surface area contributed by atoms with E-state index in [1.807, 2.05) is 25.1 Å². The number of aryl methyl sites for hydroxylation is 4. The van der Waals surface area contributed by atoms with Gasteiger partial charge in [-0.2, -0.15) is 0 Å². The van der Waals surface area contributed by atoms with Crippen molar-refractivity contribution in [1.29, 1.82) is 0 Å². The minimum absolute atomic E-state index is 0.261. The monoisotopic (exact) mass is 384 g/mol. The first-order chi connectivity index (χ1) is 13.4. The summed E-state index contributed by atoms with van der Waals surface area (Å²) in [5.41, 5.74) is 4.54. The standard InChI is InChI=1S/C22H28N2O4/c1-6-16-10-9-11-17(7-2)21(16)24-22(26)20-15(5)23-14(4)12-18(20)28-13-19(25)27-8-3/h9-12H,6-8,13H2,1-5H3,(H,24,26). The molecule has 0 unspecified atom stereocenters. The lowest BCUT2D eigenvalue weighted by Gasteiger charge is -2.17. The molecule has 2 aromatic rings. The molecule has 0 bridgehead atoms. The largest absolute Gasteiger partial charge is 0.481 e. The zero-order valence-electron chi connectivity index (χ0n) is 17.2. The van der Waals surface area contributed by atoms with Crippen LogP contribution in [0.5, 0.6) is 5.75 Å². The summed E-state index contributed by atoms with van der Waals surface area (Å²) in [7, 11) is 0. The number of amides is 1. The number of ether oxygens (including phenoxy) is 2. The number of carbonyl (C=O) groups excluding carboxylic acids is 2. The summed E-state index contributed by atoms with van der Waals surface area (Å²) in [5, 5.41) is 3.04. The third kappa shape index (κ3) is 5.09. The Hall–Kier alpha value is -2.89. The Kier molecular flexibility index (Phi) is 7.55. The summed E-state index contributed by atoms with van der Waals surface area (Å²) in [5.74, 6) is -0.465. The average molecular weight is 384 g/mol. The highest BCUT2D eigenvalue weighted by atomic mass is 16.6. The van der Waals surface area contributed by atoms with E-state index < -0.39 is 5.97 Å². The maximum Gasteiger partial charge on any atom is 0.344 e. The lowest BCUT2D eigenvalue weighted by molar-refractivity contribution is -0.145. The van der Waals surface area contributed by atoms with Gasteiger partial charge in [0.2, 0.25) is 0 Å². The molecule has 1 heterocycles. The van der Waals surface area contributed by atoms with Gasteiger partial charge in [-0.25, -0.2) is 4.79 Å². The zero-order chi connectivity index (χ0) is 20.7. The van der Waals surface area contributed by atoms with E-state index in [9.17, 15) is 9.59 Å². The number of benzene rings is 1. The molecule has 6 heteroatoms.